The summed E-state index contributed by atoms with van der Waals surface area (Å²) in [5.41, 5.74) is 9.57. The second-order valence-corrected chi connectivity index (χ2v) is 15.5. The highest BCUT2D eigenvalue weighted by atomic mass is 16.5. The lowest BCUT2D eigenvalue weighted by Gasteiger charge is -2.40. The number of benzene rings is 3. The zero-order valence-electron chi connectivity index (χ0n) is 33.1. The Balaban J connectivity index is 0.801. The molecule has 3 N–H and O–H groups in total. The zero-order chi connectivity index (χ0) is 39.3. The predicted octanol–water partition coefficient (Wildman–Crippen LogP) is 6.66. The molecule has 4 aromatic rings. The molecule has 3 aromatic carbocycles. The van der Waals surface area contributed by atoms with Gasteiger partial charge in [0.2, 0.25) is 11.9 Å². The molecule has 4 aliphatic heterocycles. The summed E-state index contributed by atoms with van der Waals surface area (Å²) in [4.78, 5) is 42.3. The number of carbonyl (C=O) groups excluding carboxylic acids is 2. The topological polar surface area (TPSA) is 118 Å². The van der Waals surface area contributed by atoms with E-state index in [0.717, 1.165) is 103 Å². The second-order valence-electron chi connectivity index (χ2n) is 15.5. The summed E-state index contributed by atoms with van der Waals surface area (Å²) in [5.74, 6) is 1.97. The van der Waals surface area contributed by atoms with Gasteiger partial charge in [-0.25, -0.2) is 14.8 Å². The van der Waals surface area contributed by atoms with Gasteiger partial charge in [-0.1, -0.05) is 36.9 Å². The minimum absolute atomic E-state index is 0.198. The average Bonchev–Trinajstić information content (AvgIpc) is 3.23. The van der Waals surface area contributed by atoms with Crippen LogP contribution in [0.5, 0.6) is 0 Å². The second kappa shape index (κ2) is 17.1. The van der Waals surface area contributed by atoms with Gasteiger partial charge in [0.25, 0.3) is 0 Å². The van der Waals surface area contributed by atoms with Crippen molar-refractivity contribution in [2.24, 2.45) is 5.92 Å². The van der Waals surface area contributed by atoms with Gasteiger partial charge in [0, 0.05) is 101 Å². The van der Waals surface area contributed by atoms with Gasteiger partial charge in [0.05, 0.1) is 11.2 Å². The Bertz CT molecular complexity index is 2170. The number of fused-ring (bicyclic) bond motifs is 1. The highest BCUT2D eigenvalue weighted by molar-refractivity contribution is 5.96. The summed E-state index contributed by atoms with van der Waals surface area (Å²) in [5, 5.41) is 10.3. The summed E-state index contributed by atoms with van der Waals surface area (Å²) >= 11 is 0. The molecule has 0 unspecified atom stereocenters. The van der Waals surface area contributed by atoms with Crippen molar-refractivity contribution in [3.8, 4) is 0 Å². The third-order valence-electron chi connectivity index (χ3n) is 11.8. The van der Waals surface area contributed by atoms with Gasteiger partial charge >= 0.3 is 6.03 Å². The fourth-order valence-electron chi connectivity index (χ4n) is 8.44. The number of urea groups is 1. The van der Waals surface area contributed by atoms with E-state index in [1.807, 2.05) is 19.2 Å². The average molecular weight is 768 g/mol. The largest absolute Gasteiger partial charge is 0.494 e. The van der Waals surface area contributed by atoms with Crippen molar-refractivity contribution in [1.82, 2.24) is 30.4 Å². The van der Waals surface area contributed by atoms with Gasteiger partial charge in [-0.3, -0.25) is 15.0 Å². The van der Waals surface area contributed by atoms with Gasteiger partial charge in [0.1, 0.15) is 12.4 Å². The van der Waals surface area contributed by atoms with E-state index in [2.05, 4.69) is 116 Å². The first-order valence-electron chi connectivity index (χ1n) is 20.2. The van der Waals surface area contributed by atoms with Crippen molar-refractivity contribution in [3.63, 3.8) is 0 Å². The number of imide groups is 1. The third-order valence-corrected chi connectivity index (χ3v) is 11.8. The molecule has 0 bridgehead atoms. The molecular formula is C45H53N9O3. The van der Waals surface area contributed by atoms with Crippen LogP contribution in [0.3, 0.4) is 0 Å². The molecule has 4 aliphatic rings. The number of aromatic nitrogens is 2. The Kier molecular flexibility index (Phi) is 11.4. The molecule has 12 heteroatoms. The Morgan fingerprint density at radius 1 is 0.930 bits per heavy atom. The van der Waals surface area contributed by atoms with Crippen LogP contribution in [0.25, 0.3) is 16.5 Å². The van der Waals surface area contributed by atoms with Crippen LogP contribution in [-0.4, -0.2) is 97.2 Å². The lowest BCUT2D eigenvalue weighted by atomic mass is 9.95. The number of nitrogens with one attached hydrogen (secondary N) is 3. The summed E-state index contributed by atoms with van der Waals surface area (Å²) in [6, 6.07) is 23.1. The number of carbonyl (C=O) groups is 2. The predicted molar refractivity (Wildman–Crippen MR) is 227 cm³/mol. The molecule has 3 amide bonds. The van der Waals surface area contributed by atoms with E-state index in [4.69, 9.17) is 9.72 Å². The quantitative estimate of drug-likeness (QED) is 0.143. The number of hydrogen-bond donors (Lipinski definition) is 3. The first-order valence-corrected chi connectivity index (χ1v) is 20.2. The molecule has 8 rings (SSSR count). The van der Waals surface area contributed by atoms with Crippen LogP contribution in [0.1, 0.15) is 44.2 Å². The number of rotatable bonds is 11. The molecule has 0 aliphatic carbocycles. The number of ether oxygens (including phenoxy) is 1. The highest BCUT2D eigenvalue weighted by Gasteiger charge is 2.26. The Labute approximate surface area is 335 Å². The molecule has 296 valence electrons. The molecular weight excluding hydrogens is 715 g/mol. The summed E-state index contributed by atoms with van der Waals surface area (Å²) < 4.78 is 5.79. The summed E-state index contributed by atoms with van der Waals surface area (Å²) in [6.45, 7) is 18.1. The molecule has 1 aromatic heterocycles. The maximum absolute atomic E-state index is 12.1. The zero-order valence-corrected chi connectivity index (χ0v) is 33.1. The fourth-order valence-corrected chi connectivity index (χ4v) is 8.44. The molecule has 0 spiro atoms. The Hall–Kier alpha value is -5.88. The summed E-state index contributed by atoms with van der Waals surface area (Å²) in [7, 11) is 0. The number of nitrogens with zero attached hydrogens (tertiary/aromatic N) is 6. The lowest BCUT2D eigenvalue weighted by molar-refractivity contribution is -0.121. The number of amides is 3. The molecule has 5 heterocycles. The maximum Gasteiger partial charge on any atom is 0.324 e. The lowest BCUT2D eigenvalue weighted by Crippen LogP contribution is -2.49. The Morgan fingerprint density at radius 3 is 2.35 bits per heavy atom. The standard InChI is InChI=1S/C45H53N9O3/c1-4-40(31(2)43-32(3)57-26-18-46-43)35-7-8-36-28-47-44(49-41(36)27-35)48-37-9-13-39(14-10-37)52-19-15-34(16-20-52)29-51-22-24-53(25-23-51)38-11-5-33(6-12-38)30-54-21-17-42(55)50-45(54)56/h4-14,27-28,34,46H,1,15-26,29-30H2,2-3H3,(H,47,48,49)(H,50,55,56)/b40-31+. The van der Waals surface area contributed by atoms with Crippen LogP contribution in [0.2, 0.25) is 0 Å². The van der Waals surface area contributed by atoms with Crippen LogP contribution >= 0.6 is 0 Å². The fraction of sp³-hybridized carbons (Fsp3) is 0.378. The van der Waals surface area contributed by atoms with E-state index < -0.39 is 0 Å². The maximum atomic E-state index is 12.1. The first kappa shape index (κ1) is 38.0. The monoisotopic (exact) mass is 767 g/mol. The third kappa shape index (κ3) is 8.91. The van der Waals surface area contributed by atoms with Gasteiger partial charge in [-0.05, 0) is 97.3 Å². The van der Waals surface area contributed by atoms with Gasteiger partial charge < -0.3 is 30.1 Å². The van der Waals surface area contributed by atoms with Crippen LogP contribution in [0.15, 0.2) is 103 Å². The minimum atomic E-state index is -0.303. The van der Waals surface area contributed by atoms with Crippen molar-refractivity contribution in [2.45, 2.75) is 39.7 Å². The SMILES string of the molecule is C=C/C(=C(/C)C1=C(C)OCCN1)c1ccc2cnc(Nc3ccc(N4CCC(CN5CCN(c6ccc(CN7CCC(=O)NC7=O)cc6)CC5)CC4)cc3)nc2c1. The minimum Gasteiger partial charge on any atom is -0.494 e. The van der Waals surface area contributed by atoms with E-state index in [0.29, 0.717) is 38.0 Å². The summed E-state index contributed by atoms with van der Waals surface area (Å²) in [6.07, 6.45) is 6.52. The molecule has 0 saturated carbocycles. The van der Waals surface area contributed by atoms with Gasteiger partial charge in [-0.15, -0.1) is 0 Å². The van der Waals surface area contributed by atoms with Crippen LogP contribution in [0, 0.1) is 5.92 Å². The number of anilines is 4. The van der Waals surface area contributed by atoms with Crippen molar-refractivity contribution in [2.75, 3.05) is 80.6 Å². The highest BCUT2D eigenvalue weighted by Crippen LogP contribution is 2.30. The van der Waals surface area contributed by atoms with E-state index >= 15 is 0 Å². The normalized spacial score (nSPS) is 18.9. The van der Waals surface area contributed by atoms with Crippen LogP contribution < -0.4 is 25.8 Å². The Morgan fingerprint density at radius 2 is 1.65 bits per heavy atom. The van der Waals surface area contributed by atoms with E-state index in [1.54, 1.807) is 4.90 Å². The number of piperidine rings is 1. The van der Waals surface area contributed by atoms with Gasteiger partial charge in [0.15, 0.2) is 0 Å². The van der Waals surface area contributed by atoms with Crippen molar-refractivity contribution >= 4 is 51.4 Å². The van der Waals surface area contributed by atoms with E-state index in [-0.39, 0.29) is 11.9 Å². The molecule has 3 fully saturated rings. The molecule has 12 nitrogen and oxygen atoms in total. The molecule has 57 heavy (non-hydrogen) atoms. The number of allylic oxidation sites excluding steroid dienone is 4. The van der Waals surface area contributed by atoms with E-state index in [1.165, 1.54) is 24.2 Å². The number of piperazine rings is 1. The van der Waals surface area contributed by atoms with Crippen LogP contribution in [0.4, 0.5) is 27.8 Å². The molecule has 0 radical (unpaired) electrons. The van der Waals surface area contributed by atoms with E-state index in [9.17, 15) is 9.59 Å². The molecule has 0 atom stereocenters. The first-order chi connectivity index (χ1) is 27.8. The van der Waals surface area contributed by atoms with Gasteiger partial charge in [-0.2, -0.15) is 0 Å². The number of hydrogen-bond acceptors (Lipinski definition) is 10. The van der Waals surface area contributed by atoms with Crippen molar-refractivity contribution in [3.05, 3.63) is 114 Å². The molecule has 3 saturated heterocycles. The van der Waals surface area contributed by atoms with Crippen LogP contribution in [-0.2, 0) is 16.1 Å². The van der Waals surface area contributed by atoms with Crippen molar-refractivity contribution < 1.29 is 14.3 Å². The smallest absolute Gasteiger partial charge is 0.324 e. The van der Waals surface area contributed by atoms with Crippen molar-refractivity contribution in [1.29, 1.82) is 0 Å².